The first kappa shape index (κ1) is 10.1. The minimum Gasteiger partial charge on any atom is -0.483 e. The standard InChI is InChI=1S/C2H6N.CH2O2.Zn/c1-3-2;2-1-3;/h1-2H3;1H,(H,2,3);/q-1;;+1. The van der Waals surface area contributed by atoms with Gasteiger partial charge in [-0.15, -0.1) is 0 Å². The number of carboxylic acid groups (broad SMARTS) is 1. The topological polar surface area (TPSA) is 40.5 Å². The molecule has 3 nitrogen and oxygen atoms in total. The summed E-state index contributed by atoms with van der Waals surface area (Å²) in [7, 11) is 4.11. The molecule has 0 fully saturated rings. The van der Waals surface area contributed by atoms with E-state index in [2.05, 4.69) is 17.7 Å². The Balaban J connectivity index is 0. The van der Waals surface area contributed by atoms with Crippen molar-refractivity contribution in [1.29, 1.82) is 0 Å². The van der Waals surface area contributed by atoms with E-state index in [-0.39, 0.29) is 6.47 Å². The van der Waals surface area contributed by atoms with E-state index in [1.807, 2.05) is 0 Å². The molecule has 0 rings (SSSR count). The van der Waals surface area contributed by atoms with Crippen LogP contribution in [-0.4, -0.2) is 29.3 Å². The van der Waals surface area contributed by atoms with Gasteiger partial charge in [0.05, 0.1) is 0 Å². The molecule has 0 unspecified atom stereocenters. The van der Waals surface area contributed by atoms with E-state index < -0.39 is 0 Å². The van der Waals surface area contributed by atoms with Gasteiger partial charge in [-0.1, -0.05) is 0 Å². The van der Waals surface area contributed by atoms with E-state index in [1.54, 1.807) is 0 Å². The number of rotatable bonds is 0. The summed E-state index contributed by atoms with van der Waals surface area (Å²) in [5, 5.41) is 6.89. The number of carbonyl (C=O) groups is 1. The van der Waals surface area contributed by atoms with Crippen LogP contribution in [0.1, 0.15) is 0 Å². The van der Waals surface area contributed by atoms with Crippen molar-refractivity contribution in [3.05, 3.63) is 0 Å². The van der Waals surface area contributed by atoms with Gasteiger partial charge in [-0.2, -0.15) is 0 Å². The van der Waals surface area contributed by atoms with Gasteiger partial charge in [0, 0.05) is 0 Å². The Morgan fingerprint density at radius 1 is 1.71 bits per heavy atom. The zero-order valence-corrected chi connectivity index (χ0v) is 7.55. The average molecular weight is 155 g/mol. The molecule has 0 aromatic rings. The van der Waals surface area contributed by atoms with Gasteiger partial charge < -0.3 is 5.11 Å². The molecule has 39 valence electrons. The van der Waals surface area contributed by atoms with Crippen LogP contribution in [0.5, 0.6) is 0 Å². The summed E-state index contributed by atoms with van der Waals surface area (Å²) in [5.41, 5.74) is 0. The van der Waals surface area contributed by atoms with E-state index in [1.165, 1.54) is 18.5 Å². The van der Waals surface area contributed by atoms with Crippen molar-refractivity contribution in [1.82, 2.24) is 3.64 Å². The van der Waals surface area contributed by atoms with E-state index in [0.29, 0.717) is 0 Å². The van der Waals surface area contributed by atoms with Crippen molar-refractivity contribution in [2.24, 2.45) is 0 Å². The molecule has 0 aliphatic rings. The maximum Gasteiger partial charge on any atom is 0.290 e. The monoisotopic (exact) mass is 154 g/mol. The van der Waals surface area contributed by atoms with Crippen LogP contribution in [0.15, 0.2) is 0 Å². The third-order valence-corrected chi connectivity index (χ3v) is 0. The van der Waals surface area contributed by atoms with Crippen LogP contribution >= 0.6 is 0 Å². The Morgan fingerprint density at radius 2 is 1.71 bits per heavy atom. The van der Waals surface area contributed by atoms with Crippen LogP contribution < -0.4 is 0 Å². The summed E-state index contributed by atoms with van der Waals surface area (Å²) in [6.45, 7) is -0.250. The Bertz CT molecular complexity index is 37.2. The second-order valence-electron chi connectivity index (χ2n) is 1.19. The molecule has 0 radical (unpaired) electrons. The molecule has 7 heavy (non-hydrogen) atoms. The molecule has 0 saturated heterocycles. The Morgan fingerprint density at radius 3 is 1.71 bits per heavy atom. The molecule has 0 amide bonds. The fourth-order valence-electron chi connectivity index (χ4n) is 0. The zero-order chi connectivity index (χ0) is 6.28. The predicted molar refractivity (Wildman–Crippen MR) is 22.4 cm³/mol. The SMILES string of the molecule is C[N](C)[Zn].O=CO. The molecule has 0 bridgehead atoms. The van der Waals surface area contributed by atoms with Crippen LogP contribution in [0.25, 0.3) is 0 Å². The van der Waals surface area contributed by atoms with Crippen LogP contribution in [0.2, 0.25) is 0 Å². The molecule has 0 atom stereocenters. The molecular weight excluding hydrogens is 147 g/mol. The first-order valence-corrected chi connectivity index (χ1v) is 3.03. The molecule has 0 spiro atoms. The number of hydrogen-bond acceptors (Lipinski definition) is 2. The van der Waals surface area contributed by atoms with Crippen molar-refractivity contribution in [2.75, 3.05) is 14.1 Å². The summed E-state index contributed by atoms with van der Waals surface area (Å²) in [5.74, 6) is 0. The van der Waals surface area contributed by atoms with Crippen LogP contribution in [0, 0.1) is 0 Å². The van der Waals surface area contributed by atoms with Crippen molar-refractivity contribution in [2.45, 2.75) is 0 Å². The maximum absolute atomic E-state index is 8.36. The second-order valence-corrected chi connectivity index (χ2v) is 3.84. The minimum atomic E-state index is -0.250. The molecule has 0 heterocycles. The van der Waals surface area contributed by atoms with Gasteiger partial charge in [0.1, 0.15) is 0 Å². The largest absolute Gasteiger partial charge is 0.483 e. The molecule has 0 aliphatic carbocycles. The van der Waals surface area contributed by atoms with Gasteiger partial charge in [0.15, 0.2) is 0 Å². The van der Waals surface area contributed by atoms with Gasteiger partial charge in [-0.25, -0.2) is 0 Å². The van der Waals surface area contributed by atoms with Crippen molar-refractivity contribution < 1.29 is 28.4 Å². The molecule has 0 aromatic heterocycles. The summed E-state index contributed by atoms with van der Waals surface area (Å²) < 4.78 is 2.12. The molecule has 1 N–H and O–H groups in total. The third-order valence-electron chi connectivity index (χ3n) is 0. The van der Waals surface area contributed by atoms with Crippen molar-refractivity contribution >= 4 is 6.47 Å². The normalized spacial score (nSPS) is 7.00. The fraction of sp³-hybridized carbons (Fsp3) is 0.667. The molecule has 0 aliphatic heterocycles. The maximum atomic E-state index is 8.36. The summed E-state index contributed by atoms with van der Waals surface area (Å²) in [6.07, 6.45) is 0. The quantitative estimate of drug-likeness (QED) is 0.386. The zero-order valence-electron chi connectivity index (χ0n) is 4.59. The summed E-state index contributed by atoms with van der Waals surface area (Å²) in [6, 6.07) is 0. The second kappa shape index (κ2) is 9.41. The Hall–Kier alpha value is 0.0534. The smallest absolute Gasteiger partial charge is 0.290 e. The van der Waals surface area contributed by atoms with Gasteiger partial charge >= 0.3 is 36.3 Å². The summed E-state index contributed by atoms with van der Waals surface area (Å²) in [4.78, 5) is 8.36. The fourth-order valence-corrected chi connectivity index (χ4v) is 0. The Labute approximate surface area is 53.3 Å². The van der Waals surface area contributed by atoms with E-state index in [9.17, 15) is 0 Å². The number of nitrogens with zero attached hydrogens (tertiary/aromatic N) is 1. The third kappa shape index (κ3) is 34900. The van der Waals surface area contributed by atoms with Gasteiger partial charge in [-0.05, 0) is 0 Å². The van der Waals surface area contributed by atoms with Crippen molar-refractivity contribution in [3.8, 4) is 0 Å². The predicted octanol–water partition coefficient (Wildman–Crippen LogP) is -0.289. The van der Waals surface area contributed by atoms with E-state index >= 15 is 0 Å². The van der Waals surface area contributed by atoms with Gasteiger partial charge in [0.2, 0.25) is 0 Å². The number of hydrogen-bond donors (Lipinski definition) is 1. The summed E-state index contributed by atoms with van der Waals surface area (Å²) >= 11 is 1.26. The van der Waals surface area contributed by atoms with Crippen LogP contribution in [0.3, 0.4) is 0 Å². The van der Waals surface area contributed by atoms with Crippen LogP contribution in [0.4, 0.5) is 0 Å². The minimum absolute atomic E-state index is 0.250. The van der Waals surface area contributed by atoms with Crippen LogP contribution in [-0.2, 0) is 23.3 Å². The molecule has 4 heteroatoms. The Kier molecular flexibility index (Phi) is 13.6. The molecule has 0 saturated carbocycles. The molecule has 0 aromatic carbocycles. The van der Waals surface area contributed by atoms with Gasteiger partial charge in [-0.3, -0.25) is 4.79 Å². The molecular formula is C3H8NO2Zn. The van der Waals surface area contributed by atoms with Gasteiger partial charge in [0.25, 0.3) is 6.47 Å². The van der Waals surface area contributed by atoms with E-state index in [0.717, 1.165) is 0 Å². The first-order valence-electron chi connectivity index (χ1n) is 1.70. The van der Waals surface area contributed by atoms with Crippen molar-refractivity contribution in [3.63, 3.8) is 0 Å². The average Bonchev–Trinajstić information content (AvgIpc) is 1.33. The first-order chi connectivity index (χ1) is 3.15. The van der Waals surface area contributed by atoms with E-state index in [4.69, 9.17) is 9.90 Å².